The molecule has 0 radical (unpaired) electrons. The number of hydrogen-bond acceptors (Lipinski definition) is 3. The standard InChI is InChI=1S/C22H19ClO3/c1-15(2)12-13-25-22-20(10-8-16-6-4-3-5-7-16)26-19-11-9-17(23)14-18(19)21(22)24/h3-12,14H,13H2,1-2H3/b10-8+. The Labute approximate surface area is 157 Å². The molecule has 1 aromatic heterocycles. The highest BCUT2D eigenvalue weighted by Gasteiger charge is 2.14. The molecule has 132 valence electrons. The van der Waals surface area contributed by atoms with E-state index in [9.17, 15) is 4.79 Å². The predicted octanol–water partition coefficient (Wildman–Crippen LogP) is 5.96. The molecule has 3 rings (SSSR count). The Hall–Kier alpha value is -2.78. The van der Waals surface area contributed by atoms with Crippen molar-refractivity contribution in [3.05, 3.63) is 86.7 Å². The summed E-state index contributed by atoms with van der Waals surface area (Å²) in [7, 11) is 0. The second kappa shape index (κ2) is 8.07. The van der Waals surface area contributed by atoms with Crippen LogP contribution in [0, 0.1) is 0 Å². The number of fused-ring (bicyclic) bond motifs is 1. The zero-order chi connectivity index (χ0) is 18.5. The van der Waals surface area contributed by atoms with Crippen LogP contribution in [0.25, 0.3) is 23.1 Å². The number of rotatable bonds is 5. The van der Waals surface area contributed by atoms with Gasteiger partial charge in [-0.2, -0.15) is 0 Å². The van der Waals surface area contributed by atoms with E-state index in [4.69, 9.17) is 20.8 Å². The van der Waals surface area contributed by atoms with Gasteiger partial charge in [-0.3, -0.25) is 4.79 Å². The fourth-order valence-electron chi connectivity index (χ4n) is 2.44. The fourth-order valence-corrected chi connectivity index (χ4v) is 2.61. The van der Waals surface area contributed by atoms with Gasteiger partial charge in [-0.15, -0.1) is 0 Å². The van der Waals surface area contributed by atoms with Crippen molar-refractivity contribution in [2.45, 2.75) is 13.8 Å². The topological polar surface area (TPSA) is 39.4 Å². The molecular formula is C22H19ClO3. The number of halogens is 1. The monoisotopic (exact) mass is 366 g/mol. The molecule has 0 saturated heterocycles. The first-order valence-corrected chi connectivity index (χ1v) is 8.68. The summed E-state index contributed by atoms with van der Waals surface area (Å²) in [6.45, 7) is 4.25. The Morgan fingerprint density at radius 1 is 1.12 bits per heavy atom. The van der Waals surface area contributed by atoms with Crippen LogP contribution < -0.4 is 10.2 Å². The highest BCUT2D eigenvalue weighted by Crippen LogP contribution is 2.25. The molecule has 1 heterocycles. The Morgan fingerprint density at radius 3 is 2.62 bits per heavy atom. The summed E-state index contributed by atoms with van der Waals surface area (Å²) in [6, 6.07) is 14.8. The van der Waals surface area contributed by atoms with E-state index in [1.54, 1.807) is 24.3 Å². The van der Waals surface area contributed by atoms with Crippen LogP contribution in [0.4, 0.5) is 0 Å². The van der Waals surface area contributed by atoms with Crippen molar-refractivity contribution in [1.82, 2.24) is 0 Å². The first-order chi connectivity index (χ1) is 12.5. The molecule has 3 aromatic rings. The molecule has 26 heavy (non-hydrogen) atoms. The minimum absolute atomic E-state index is 0.185. The maximum absolute atomic E-state index is 12.9. The summed E-state index contributed by atoms with van der Waals surface area (Å²) < 4.78 is 11.7. The number of ether oxygens (including phenoxy) is 1. The first-order valence-electron chi connectivity index (χ1n) is 8.30. The maximum Gasteiger partial charge on any atom is 0.235 e. The summed E-state index contributed by atoms with van der Waals surface area (Å²) >= 11 is 6.03. The molecule has 2 aromatic carbocycles. The van der Waals surface area contributed by atoms with Gasteiger partial charge in [-0.25, -0.2) is 0 Å². The Morgan fingerprint density at radius 2 is 1.88 bits per heavy atom. The molecule has 4 heteroatoms. The molecule has 0 spiro atoms. The zero-order valence-corrected chi connectivity index (χ0v) is 15.4. The summed E-state index contributed by atoms with van der Waals surface area (Å²) in [5.74, 6) is 0.570. The third-order valence-corrected chi connectivity index (χ3v) is 4.02. The van der Waals surface area contributed by atoms with Gasteiger partial charge in [0.05, 0.1) is 5.39 Å². The second-order valence-electron chi connectivity index (χ2n) is 6.10. The van der Waals surface area contributed by atoms with E-state index < -0.39 is 0 Å². The smallest absolute Gasteiger partial charge is 0.235 e. The number of benzene rings is 2. The van der Waals surface area contributed by atoms with Gasteiger partial charge in [0.2, 0.25) is 11.2 Å². The molecule has 0 aliphatic heterocycles. The molecule has 0 aliphatic carbocycles. The van der Waals surface area contributed by atoms with E-state index in [0.29, 0.717) is 28.4 Å². The third kappa shape index (κ3) is 4.24. The fraction of sp³-hybridized carbons (Fsp3) is 0.136. The number of hydrogen-bond donors (Lipinski definition) is 0. The van der Waals surface area contributed by atoms with Crippen molar-refractivity contribution in [2.75, 3.05) is 6.61 Å². The zero-order valence-electron chi connectivity index (χ0n) is 14.7. The van der Waals surface area contributed by atoms with Crippen molar-refractivity contribution < 1.29 is 9.15 Å². The summed E-state index contributed by atoms with van der Waals surface area (Å²) in [5.41, 5.74) is 2.35. The van der Waals surface area contributed by atoms with Gasteiger partial charge in [-0.1, -0.05) is 53.6 Å². The van der Waals surface area contributed by atoms with Crippen molar-refractivity contribution >= 4 is 34.7 Å². The molecule has 0 aliphatic rings. The Bertz CT molecular complexity index is 1030. The van der Waals surface area contributed by atoms with Gasteiger partial charge >= 0.3 is 0 Å². The predicted molar refractivity (Wildman–Crippen MR) is 108 cm³/mol. The van der Waals surface area contributed by atoms with E-state index in [1.807, 2.05) is 56.3 Å². The molecule has 0 unspecified atom stereocenters. The lowest BCUT2D eigenvalue weighted by Crippen LogP contribution is -2.10. The van der Waals surface area contributed by atoms with Crippen LogP contribution in [0.2, 0.25) is 5.02 Å². The average molecular weight is 367 g/mol. The van der Waals surface area contributed by atoms with Crippen molar-refractivity contribution in [3.8, 4) is 5.75 Å². The minimum Gasteiger partial charge on any atom is -0.482 e. The van der Waals surface area contributed by atoms with Gasteiger partial charge in [0, 0.05) is 5.02 Å². The summed E-state index contributed by atoms with van der Waals surface area (Å²) in [5, 5.41) is 0.884. The average Bonchev–Trinajstić information content (AvgIpc) is 2.63. The van der Waals surface area contributed by atoms with E-state index in [2.05, 4.69) is 0 Å². The van der Waals surface area contributed by atoms with Crippen LogP contribution in [0.1, 0.15) is 25.2 Å². The van der Waals surface area contributed by atoms with E-state index in [0.717, 1.165) is 11.1 Å². The van der Waals surface area contributed by atoms with E-state index >= 15 is 0 Å². The first kappa shape index (κ1) is 18.0. The van der Waals surface area contributed by atoms with Gasteiger partial charge in [0.25, 0.3) is 0 Å². The third-order valence-electron chi connectivity index (χ3n) is 3.78. The molecular weight excluding hydrogens is 348 g/mol. The lowest BCUT2D eigenvalue weighted by molar-refractivity contribution is 0.345. The quantitative estimate of drug-likeness (QED) is 0.523. The second-order valence-corrected chi connectivity index (χ2v) is 6.54. The SMILES string of the molecule is CC(C)=CCOc1c(/C=C/c2ccccc2)oc2ccc(Cl)cc2c1=O. The lowest BCUT2D eigenvalue weighted by atomic mass is 10.1. The van der Waals surface area contributed by atoms with Crippen molar-refractivity contribution in [1.29, 1.82) is 0 Å². The van der Waals surface area contributed by atoms with Crippen LogP contribution >= 0.6 is 11.6 Å². The van der Waals surface area contributed by atoms with Gasteiger partial charge in [0.15, 0.2) is 5.76 Å². The van der Waals surface area contributed by atoms with Crippen molar-refractivity contribution in [3.63, 3.8) is 0 Å². The molecule has 0 amide bonds. The van der Waals surface area contributed by atoms with Crippen molar-refractivity contribution in [2.24, 2.45) is 0 Å². The summed E-state index contributed by atoms with van der Waals surface area (Å²) in [4.78, 5) is 12.9. The molecule has 0 fully saturated rings. The largest absolute Gasteiger partial charge is 0.482 e. The lowest BCUT2D eigenvalue weighted by Gasteiger charge is -2.08. The summed E-state index contributed by atoms with van der Waals surface area (Å²) in [6.07, 6.45) is 5.54. The highest BCUT2D eigenvalue weighted by atomic mass is 35.5. The van der Waals surface area contributed by atoms with Crippen LogP contribution in [-0.4, -0.2) is 6.61 Å². The highest BCUT2D eigenvalue weighted by molar-refractivity contribution is 6.31. The Kier molecular flexibility index (Phi) is 5.59. The molecule has 0 N–H and O–H groups in total. The van der Waals surface area contributed by atoms with Crippen LogP contribution in [0.5, 0.6) is 5.75 Å². The number of allylic oxidation sites excluding steroid dienone is 1. The van der Waals surface area contributed by atoms with Gasteiger partial charge in [-0.05, 0) is 49.8 Å². The van der Waals surface area contributed by atoms with Crippen LogP contribution in [-0.2, 0) is 0 Å². The van der Waals surface area contributed by atoms with Gasteiger partial charge < -0.3 is 9.15 Å². The molecule has 0 bridgehead atoms. The minimum atomic E-state index is -0.233. The molecule has 3 nitrogen and oxygen atoms in total. The maximum atomic E-state index is 12.9. The van der Waals surface area contributed by atoms with Crippen LogP contribution in [0.3, 0.4) is 0 Å². The molecule has 0 saturated carbocycles. The van der Waals surface area contributed by atoms with E-state index in [1.165, 1.54) is 0 Å². The molecule has 0 atom stereocenters. The normalized spacial score (nSPS) is 11.0. The van der Waals surface area contributed by atoms with Crippen LogP contribution in [0.15, 0.2) is 69.4 Å². The van der Waals surface area contributed by atoms with E-state index in [-0.39, 0.29) is 11.2 Å². The Balaban J connectivity index is 2.09. The van der Waals surface area contributed by atoms with Gasteiger partial charge in [0.1, 0.15) is 12.2 Å².